The second-order valence-electron chi connectivity index (χ2n) is 7.56. The van der Waals surface area contributed by atoms with Gasteiger partial charge in [0.15, 0.2) is 0 Å². The van der Waals surface area contributed by atoms with Gasteiger partial charge in [-0.3, -0.25) is 9.59 Å². The Morgan fingerprint density at radius 3 is 2.63 bits per heavy atom. The van der Waals surface area contributed by atoms with Crippen LogP contribution in [0.1, 0.15) is 55.9 Å². The van der Waals surface area contributed by atoms with Gasteiger partial charge in [0.1, 0.15) is 5.75 Å². The zero-order valence-electron chi connectivity index (χ0n) is 16.2. The second-order valence-corrected chi connectivity index (χ2v) is 7.56. The van der Waals surface area contributed by atoms with Gasteiger partial charge in [-0.05, 0) is 64.9 Å². The van der Waals surface area contributed by atoms with E-state index in [-0.39, 0.29) is 17.4 Å². The summed E-state index contributed by atoms with van der Waals surface area (Å²) in [5.74, 6) is -1.19. The summed E-state index contributed by atoms with van der Waals surface area (Å²) in [5, 5.41) is 13.4. The van der Waals surface area contributed by atoms with Crippen molar-refractivity contribution < 1.29 is 14.7 Å². The highest BCUT2D eigenvalue weighted by Gasteiger charge is 2.24. The Kier molecular flexibility index (Phi) is 6.16. The molecule has 0 aliphatic carbocycles. The first kappa shape index (κ1) is 19.4. The number of nitrogens with zero attached hydrogens (tertiary/aromatic N) is 2. The fourth-order valence-corrected chi connectivity index (χ4v) is 3.78. The van der Waals surface area contributed by atoms with Gasteiger partial charge >= 0.3 is 0 Å². The van der Waals surface area contributed by atoms with Crippen molar-refractivity contribution in [2.24, 2.45) is 0 Å². The van der Waals surface area contributed by atoms with E-state index in [4.69, 9.17) is 0 Å². The molecule has 1 aromatic carbocycles. The quantitative estimate of drug-likeness (QED) is 0.446. The van der Waals surface area contributed by atoms with Gasteiger partial charge in [0.25, 0.3) is 11.7 Å². The van der Waals surface area contributed by atoms with E-state index < -0.39 is 11.7 Å². The van der Waals surface area contributed by atoms with Crippen LogP contribution in [0.3, 0.4) is 0 Å². The number of hydrogen-bond acceptors (Lipinski definition) is 4. The smallest absolute Gasteiger partial charge is 0.292 e. The Morgan fingerprint density at radius 1 is 1.19 bits per heavy atom. The third-order valence-electron chi connectivity index (χ3n) is 5.23. The van der Waals surface area contributed by atoms with E-state index in [1.807, 2.05) is 24.5 Å². The van der Waals surface area contributed by atoms with Crippen molar-refractivity contribution in [1.82, 2.24) is 14.8 Å². The molecule has 1 fully saturated rings. The number of benzene rings is 1. The normalized spacial score (nSPS) is 15.4. The maximum absolute atomic E-state index is 12.7. The highest BCUT2D eigenvalue weighted by molar-refractivity contribution is 6.45. The summed E-state index contributed by atoms with van der Waals surface area (Å²) in [6.07, 6.45) is 6.30. The van der Waals surface area contributed by atoms with E-state index in [2.05, 4.69) is 10.2 Å². The number of aromatic nitrogens is 1. The van der Waals surface area contributed by atoms with Crippen molar-refractivity contribution in [2.45, 2.75) is 45.6 Å². The maximum Gasteiger partial charge on any atom is 0.292 e. The zero-order chi connectivity index (χ0) is 19.4. The van der Waals surface area contributed by atoms with Crippen molar-refractivity contribution >= 4 is 22.6 Å². The lowest BCUT2D eigenvalue weighted by Gasteiger charge is -2.26. The Morgan fingerprint density at radius 2 is 1.93 bits per heavy atom. The first-order valence-electron chi connectivity index (χ1n) is 9.86. The van der Waals surface area contributed by atoms with E-state index >= 15 is 0 Å². The number of carbonyl (C=O) groups is 2. The van der Waals surface area contributed by atoms with Gasteiger partial charge in [0.2, 0.25) is 0 Å². The lowest BCUT2D eigenvalue weighted by molar-refractivity contribution is -0.117. The SMILES string of the molecule is CC(C)n1cc(C(=O)C(=O)NCCCN2CCCCC2)c2c(O)cccc21. The number of amides is 1. The molecule has 27 heavy (non-hydrogen) atoms. The molecule has 0 spiro atoms. The minimum absolute atomic E-state index is 0.0214. The van der Waals surface area contributed by atoms with Crippen molar-refractivity contribution in [2.75, 3.05) is 26.2 Å². The van der Waals surface area contributed by atoms with E-state index in [1.54, 1.807) is 18.3 Å². The fraction of sp³-hybridized carbons (Fsp3) is 0.524. The molecule has 0 bridgehead atoms. The summed E-state index contributed by atoms with van der Waals surface area (Å²) in [4.78, 5) is 27.5. The average molecular weight is 371 g/mol. The molecule has 0 atom stereocenters. The van der Waals surface area contributed by atoms with Crippen molar-refractivity contribution in [3.63, 3.8) is 0 Å². The summed E-state index contributed by atoms with van der Waals surface area (Å²) in [6, 6.07) is 5.25. The van der Waals surface area contributed by atoms with Gasteiger partial charge in [-0.2, -0.15) is 0 Å². The van der Waals surface area contributed by atoms with Gasteiger partial charge in [-0.1, -0.05) is 12.5 Å². The first-order valence-corrected chi connectivity index (χ1v) is 9.86. The first-order chi connectivity index (χ1) is 13.0. The van der Waals surface area contributed by atoms with Gasteiger partial charge in [-0.15, -0.1) is 0 Å². The molecule has 146 valence electrons. The third-order valence-corrected chi connectivity index (χ3v) is 5.23. The molecule has 6 heteroatoms. The number of phenolic OH excluding ortho intramolecular Hbond substituents is 1. The van der Waals surface area contributed by atoms with E-state index in [9.17, 15) is 14.7 Å². The summed E-state index contributed by atoms with van der Waals surface area (Å²) in [6.45, 7) is 7.68. The minimum Gasteiger partial charge on any atom is -0.507 e. The molecular weight excluding hydrogens is 342 g/mol. The number of phenols is 1. The molecule has 2 heterocycles. The number of ketones is 1. The standard InChI is InChI=1S/C21H29N3O3/c1-15(2)24-14-16(19-17(24)8-6-9-18(19)25)20(26)21(27)22-10-7-13-23-11-4-3-5-12-23/h6,8-9,14-15,25H,3-5,7,10-13H2,1-2H3,(H,22,27). The molecular formula is C21H29N3O3. The Balaban J connectivity index is 1.65. The lowest BCUT2D eigenvalue weighted by Crippen LogP contribution is -2.35. The molecule has 2 aromatic rings. The van der Waals surface area contributed by atoms with Crippen LogP contribution in [0.2, 0.25) is 0 Å². The number of nitrogens with one attached hydrogen (secondary N) is 1. The molecule has 0 radical (unpaired) electrons. The number of carbonyl (C=O) groups excluding carboxylic acids is 2. The van der Waals surface area contributed by atoms with Crippen LogP contribution in [-0.4, -0.2) is 52.4 Å². The predicted molar refractivity (Wildman–Crippen MR) is 106 cm³/mol. The van der Waals surface area contributed by atoms with Gasteiger partial charge in [-0.25, -0.2) is 0 Å². The van der Waals surface area contributed by atoms with Crippen LogP contribution in [0.4, 0.5) is 0 Å². The van der Waals surface area contributed by atoms with Crippen molar-refractivity contribution in [3.8, 4) is 5.75 Å². The minimum atomic E-state index is -0.611. The molecule has 1 saturated heterocycles. The second kappa shape index (κ2) is 8.57. The van der Waals surface area contributed by atoms with Crippen molar-refractivity contribution in [1.29, 1.82) is 0 Å². The lowest BCUT2D eigenvalue weighted by atomic mass is 10.1. The van der Waals surface area contributed by atoms with Gasteiger partial charge in [0, 0.05) is 18.8 Å². The molecule has 3 rings (SSSR count). The van der Waals surface area contributed by atoms with E-state index in [1.165, 1.54) is 19.3 Å². The van der Waals surface area contributed by atoms with Crippen LogP contribution in [0.15, 0.2) is 24.4 Å². The number of rotatable bonds is 7. The number of hydrogen-bond donors (Lipinski definition) is 2. The third kappa shape index (κ3) is 4.33. The number of fused-ring (bicyclic) bond motifs is 1. The van der Waals surface area contributed by atoms with Crippen molar-refractivity contribution in [3.05, 3.63) is 30.0 Å². The molecule has 0 saturated carbocycles. The number of Topliss-reactive ketones (excluding diaryl/α,β-unsaturated/α-hetero) is 1. The van der Waals surface area contributed by atoms with Crippen LogP contribution in [-0.2, 0) is 4.79 Å². The van der Waals surface area contributed by atoms with Crippen LogP contribution < -0.4 is 5.32 Å². The fourth-order valence-electron chi connectivity index (χ4n) is 3.78. The molecule has 0 unspecified atom stereocenters. The van der Waals surface area contributed by atoms with Crippen LogP contribution in [0, 0.1) is 0 Å². The number of piperidine rings is 1. The highest BCUT2D eigenvalue weighted by Crippen LogP contribution is 2.32. The molecule has 1 amide bonds. The zero-order valence-corrected chi connectivity index (χ0v) is 16.2. The van der Waals surface area contributed by atoms with Gasteiger partial charge in [0.05, 0.1) is 16.5 Å². The van der Waals surface area contributed by atoms with Crippen LogP contribution in [0.5, 0.6) is 5.75 Å². The monoisotopic (exact) mass is 371 g/mol. The number of aromatic hydroxyl groups is 1. The topological polar surface area (TPSA) is 74.6 Å². The van der Waals surface area contributed by atoms with Crippen LogP contribution in [0.25, 0.3) is 10.9 Å². The molecule has 2 N–H and O–H groups in total. The molecule has 1 aliphatic heterocycles. The maximum atomic E-state index is 12.7. The predicted octanol–water partition coefficient (Wildman–Crippen LogP) is 3.10. The molecule has 1 aliphatic rings. The molecule has 6 nitrogen and oxygen atoms in total. The summed E-state index contributed by atoms with van der Waals surface area (Å²) in [5.41, 5.74) is 1.01. The van der Waals surface area contributed by atoms with E-state index in [0.29, 0.717) is 11.9 Å². The average Bonchev–Trinajstić information content (AvgIpc) is 3.06. The summed E-state index contributed by atoms with van der Waals surface area (Å²) < 4.78 is 1.91. The Bertz CT molecular complexity index is 819. The largest absolute Gasteiger partial charge is 0.507 e. The summed E-state index contributed by atoms with van der Waals surface area (Å²) in [7, 11) is 0. The number of likely N-dealkylation sites (tertiary alicyclic amines) is 1. The molecule has 1 aromatic heterocycles. The highest BCUT2D eigenvalue weighted by atomic mass is 16.3. The van der Waals surface area contributed by atoms with E-state index in [0.717, 1.165) is 31.6 Å². The Labute approximate surface area is 160 Å². The van der Waals surface area contributed by atoms with Gasteiger partial charge < -0.3 is 19.9 Å². The Hall–Kier alpha value is -2.34. The van der Waals surface area contributed by atoms with Crippen LogP contribution >= 0.6 is 0 Å². The summed E-state index contributed by atoms with van der Waals surface area (Å²) >= 11 is 0.